The first-order valence-corrected chi connectivity index (χ1v) is 15.5. The molecule has 0 spiro atoms. The van der Waals surface area contributed by atoms with Gasteiger partial charge in [-0.3, -0.25) is 40.9 Å². The number of rotatable bonds is 18. The fourth-order valence-corrected chi connectivity index (χ4v) is 4.57. The minimum Gasteiger partial charge on any atom is -0.492 e. The second-order valence-corrected chi connectivity index (χ2v) is 11.2. The van der Waals surface area contributed by atoms with E-state index in [0.717, 1.165) is 19.3 Å². The van der Waals surface area contributed by atoms with Gasteiger partial charge in [0.1, 0.15) is 11.5 Å². The molecule has 43 heavy (non-hydrogen) atoms. The molecule has 0 fully saturated rings. The molecule has 4 amide bonds. The number of unbranched alkanes of at least 4 members (excludes halogenated alkanes) is 4. The lowest BCUT2D eigenvalue weighted by atomic mass is 10.1. The van der Waals surface area contributed by atoms with Gasteiger partial charge in [-0.1, -0.05) is 65.7 Å². The Balaban J connectivity index is 1.39. The Kier molecular flexibility index (Phi) is 17.6. The molecule has 236 valence electrons. The molecule has 2 aromatic rings. The summed E-state index contributed by atoms with van der Waals surface area (Å²) in [5.74, 6) is -0.197. The summed E-state index contributed by atoms with van der Waals surface area (Å²) >= 11 is 23.7. The molecule has 0 aliphatic carbocycles. The molecular formula is C29H36Cl4N4O6. The Hall–Kier alpha value is -2.92. The van der Waals surface area contributed by atoms with Crippen LogP contribution in [0.4, 0.5) is 0 Å². The van der Waals surface area contributed by atoms with Crippen molar-refractivity contribution in [3.05, 3.63) is 56.5 Å². The lowest BCUT2D eigenvalue weighted by molar-refractivity contribution is -0.129. The molecule has 4 N–H and O–H groups in total. The van der Waals surface area contributed by atoms with Crippen LogP contribution in [0.1, 0.15) is 70.6 Å². The van der Waals surface area contributed by atoms with E-state index < -0.39 is 0 Å². The standard InChI is InChI=1S/C29H36Cl4N4O6/c30-20-12-14-24(22(32)18-20)42-16-6-10-28(40)36-34-26(38)8-4-2-1-3-5-9-27(39)35-37-29(41)11-7-17-43-25-15-13-21(31)19-23(25)33/h12-15,18-19H,1-11,16-17H2,(H,34,38)(H,35,39)(H,36,40)(H,37,41). The molecule has 0 atom stereocenters. The first-order valence-electron chi connectivity index (χ1n) is 13.9. The predicted molar refractivity (Wildman–Crippen MR) is 167 cm³/mol. The summed E-state index contributed by atoms with van der Waals surface area (Å²) < 4.78 is 11.0. The van der Waals surface area contributed by atoms with Crippen LogP contribution in [0.2, 0.25) is 20.1 Å². The topological polar surface area (TPSA) is 135 Å². The Bertz CT molecular complexity index is 1130. The predicted octanol–water partition coefficient (Wildman–Crippen LogP) is 6.34. The highest BCUT2D eigenvalue weighted by molar-refractivity contribution is 6.36. The van der Waals surface area contributed by atoms with Crippen molar-refractivity contribution in [2.24, 2.45) is 0 Å². The van der Waals surface area contributed by atoms with Gasteiger partial charge < -0.3 is 9.47 Å². The Labute approximate surface area is 271 Å². The van der Waals surface area contributed by atoms with Gasteiger partial charge in [0.25, 0.3) is 0 Å². The summed E-state index contributed by atoms with van der Waals surface area (Å²) in [6.45, 7) is 0.579. The van der Waals surface area contributed by atoms with Crippen LogP contribution in [0.5, 0.6) is 11.5 Å². The van der Waals surface area contributed by atoms with Crippen LogP contribution in [-0.4, -0.2) is 36.8 Å². The van der Waals surface area contributed by atoms with Gasteiger partial charge in [0.2, 0.25) is 23.6 Å². The van der Waals surface area contributed by atoms with Crippen molar-refractivity contribution in [3.63, 3.8) is 0 Å². The minimum atomic E-state index is -0.317. The molecular weight excluding hydrogens is 642 g/mol. The fourth-order valence-electron chi connectivity index (χ4n) is 3.64. The van der Waals surface area contributed by atoms with Gasteiger partial charge in [-0.2, -0.15) is 0 Å². The van der Waals surface area contributed by atoms with Gasteiger partial charge in [0.05, 0.1) is 23.3 Å². The monoisotopic (exact) mass is 676 g/mol. The third-order valence-electron chi connectivity index (χ3n) is 5.89. The van der Waals surface area contributed by atoms with Crippen molar-refractivity contribution in [1.29, 1.82) is 0 Å². The number of hydrogen-bond donors (Lipinski definition) is 4. The maximum atomic E-state index is 11.9. The van der Waals surface area contributed by atoms with Crippen LogP contribution in [0.3, 0.4) is 0 Å². The summed E-state index contributed by atoms with van der Waals surface area (Å²) in [6.07, 6.45) is 5.62. The van der Waals surface area contributed by atoms with E-state index in [1.54, 1.807) is 36.4 Å². The van der Waals surface area contributed by atoms with E-state index in [1.165, 1.54) is 0 Å². The number of amides is 4. The van der Waals surface area contributed by atoms with Gasteiger partial charge in [-0.05, 0) is 62.1 Å². The van der Waals surface area contributed by atoms with Gasteiger partial charge in [-0.25, -0.2) is 0 Å². The lowest BCUT2D eigenvalue weighted by Crippen LogP contribution is -2.41. The van der Waals surface area contributed by atoms with Gasteiger partial charge in [-0.15, -0.1) is 0 Å². The van der Waals surface area contributed by atoms with Crippen molar-refractivity contribution in [2.45, 2.75) is 70.6 Å². The van der Waals surface area contributed by atoms with Crippen LogP contribution in [0.15, 0.2) is 36.4 Å². The maximum absolute atomic E-state index is 11.9. The first-order chi connectivity index (χ1) is 20.6. The Morgan fingerprint density at radius 2 is 0.814 bits per heavy atom. The third kappa shape index (κ3) is 16.5. The van der Waals surface area contributed by atoms with Crippen molar-refractivity contribution in [1.82, 2.24) is 21.7 Å². The molecule has 0 radical (unpaired) electrons. The Morgan fingerprint density at radius 1 is 0.488 bits per heavy atom. The third-order valence-corrected chi connectivity index (χ3v) is 6.95. The van der Waals surface area contributed by atoms with Crippen LogP contribution in [-0.2, 0) is 19.2 Å². The van der Waals surface area contributed by atoms with Crippen LogP contribution in [0.25, 0.3) is 0 Å². The van der Waals surface area contributed by atoms with Crippen molar-refractivity contribution >= 4 is 70.0 Å². The molecule has 2 rings (SSSR count). The highest BCUT2D eigenvalue weighted by Crippen LogP contribution is 2.28. The normalized spacial score (nSPS) is 10.5. The summed E-state index contributed by atoms with van der Waals surface area (Å²) in [5, 5.41) is 1.81. The minimum absolute atomic E-state index is 0.179. The van der Waals surface area contributed by atoms with E-state index in [9.17, 15) is 19.2 Å². The summed E-state index contributed by atoms with van der Waals surface area (Å²) in [7, 11) is 0. The smallest absolute Gasteiger partial charge is 0.238 e. The largest absolute Gasteiger partial charge is 0.492 e. The van der Waals surface area contributed by atoms with E-state index in [0.29, 0.717) is 57.3 Å². The molecule has 0 aromatic heterocycles. The summed E-state index contributed by atoms with van der Waals surface area (Å²) in [6, 6.07) is 9.80. The van der Waals surface area contributed by atoms with E-state index in [-0.39, 0.29) is 62.5 Å². The maximum Gasteiger partial charge on any atom is 0.238 e. The number of nitrogens with one attached hydrogen (secondary N) is 4. The number of ether oxygens (including phenoxy) is 2. The lowest BCUT2D eigenvalue weighted by Gasteiger charge is -2.10. The molecule has 0 bridgehead atoms. The van der Waals surface area contributed by atoms with Gasteiger partial charge in [0.15, 0.2) is 0 Å². The van der Waals surface area contributed by atoms with E-state index in [1.807, 2.05) is 0 Å². The zero-order valence-electron chi connectivity index (χ0n) is 23.6. The van der Waals surface area contributed by atoms with Crippen molar-refractivity contribution in [3.8, 4) is 11.5 Å². The molecule has 0 aliphatic rings. The van der Waals surface area contributed by atoms with Crippen molar-refractivity contribution in [2.75, 3.05) is 13.2 Å². The Morgan fingerprint density at radius 3 is 1.16 bits per heavy atom. The highest BCUT2D eigenvalue weighted by atomic mass is 35.5. The summed E-state index contributed by atoms with van der Waals surface area (Å²) in [5.41, 5.74) is 9.59. The first kappa shape index (κ1) is 36.3. The van der Waals surface area contributed by atoms with Crippen LogP contribution in [0, 0.1) is 0 Å². The van der Waals surface area contributed by atoms with E-state index in [2.05, 4.69) is 21.7 Å². The number of hydrazine groups is 2. The van der Waals surface area contributed by atoms with Gasteiger partial charge >= 0.3 is 0 Å². The molecule has 10 nitrogen and oxygen atoms in total. The molecule has 0 saturated carbocycles. The average Bonchev–Trinajstić information content (AvgIpc) is 2.96. The average molecular weight is 678 g/mol. The zero-order chi connectivity index (χ0) is 31.5. The summed E-state index contributed by atoms with van der Waals surface area (Å²) in [4.78, 5) is 47.6. The number of benzene rings is 2. The number of carbonyl (C=O) groups excluding carboxylic acids is 4. The molecule has 0 aliphatic heterocycles. The van der Waals surface area contributed by atoms with E-state index >= 15 is 0 Å². The highest BCUT2D eigenvalue weighted by Gasteiger charge is 2.08. The number of hydrogen-bond acceptors (Lipinski definition) is 6. The SMILES string of the molecule is O=C(CCCCCCCC(=O)NNC(=O)CCCOc1ccc(Cl)cc1Cl)NNC(=O)CCCOc1ccc(Cl)cc1Cl. The second-order valence-electron chi connectivity index (χ2n) is 9.51. The molecule has 0 saturated heterocycles. The van der Waals surface area contributed by atoms with Crippen LogP contribution >= 0.6 is 46.4 Å². The quantitative estimate of drug-likeness (QED) is 0.107. The molecule has 14 heteroatoms. The van der Waals surface area contributed by atoms with Gasteiger partial charge in [0, 0.05) is 35.7 Å². The fraction of sp³-hybridized carbons (Fsp3) is 0.448. The number of halogens is 4. The molecule has 2 aromatic carbocycles. The van der Waals surface area contributed by atoms with Crippen molar-refractivity contribution < 1.29 is 28.7 Å². The van der Waals surface area contributed by atoms with E-state index in [4.69, 9.17) is 55.9 Å². The molecule has 0 unspecified atom stereocenters. The van der Waals surface area contributed by atoms with Crippen LogP contribution < -0.4 is 31.2 Å². The zero-order valence-corrected chi connectivity index (χ0v) is 26.6. The molecule has 0 heterocycles. The second kappa shape index (κ2) is 20.9. The number of carbonyl (C=O) groups is 4.